The van der Waals surface area contributed by atoms with Crippen LogP contribution in [-0.2, 0) is 0 Å². The summed E-state index contributed by atoms with van der Waals surface area (Å²) in [6, 6.07) is 8.54. The minimum atomic E-state index is -0.672. The van der Waals surface area contributed by atoms with E-state index in [1.165, 1.54) is 18.2 Å². The fourth-order valence-electron chi connectivity index (χ4n) is 2.19. The van der Waals surface area contributed by atoms with Crippen molar-refractivity contribution in [3.8, 4) is 11.1 Å². The Bertz CT molecular complexity index is 797. The highest BCUT2D eigenvalue weighted by Crippen LogP contribution is 2.34. The van der Waals surface area contributed by atoms with E-state index in [0.29, 0.717) is 16.5 Å². The van der Waals surface area contributed by atoms with Crippen molar-refractivity contribution >= 4 is 22.7 Å². The van der Waals surface area contributed by atoms with Crippen LogP contribution in [0.4, 0.5) is 20.5 Å². The summed E-state index contributed by atoms with van der Waals surface area (Å²) in [7, 11) is 0. The van der Waals surface area contributed by atoms with E-state index in [2.05, 4.69) is 9.97 Å². The summed E-state index contributed by atoms with van der Waals surface area (Å²) < 4.78 is 27.9. The molecule has 0 spiro atoms. The van der Waals surface area contributed by atoms with Gasteiger partial charge in [0.25, 0.3) is 0 Å². The number of hydrogen-bond acceptors (Lipinski definition) is 4. The molecule has 0 radical (unpaired) electrons. The number of nitrogens with two attached hydrogens (primary N) is 2. The van der Waals surface area contributed by atoms with Gasteiger partial charge in [-0.2, -0.15) is 4.98 Å². The van der Waals surface area contributed by atoms with E-state index in [1.54, 1.807) is 18.2 Å². The van der Waals surface area contributed by atoms with Gasteiger partial charge in [-0.3, -0.25) is 0 Å². The molecule has 3 rings (SSSR count). The SMILES string of the molecule is Nc1nc(N)c2c(-c3c(F)cccc3F)cccc2n1. The first-order valence-electron chi connectivity index (χ1n) is 5.84. The van der Waals surface area contributed by atoms with Gasteiger partial charge < -0.3 is 11.5 Å². The molecular weight excluding hydrogens is 262 g/mol. The third-order valence-electron chi connectivity index (χ3n) is 3.00. The lowest BCUT2D eigenvalue weighted by atomic mass is 10.00. The molecule has 1 heterocycles. The fraction of sp³-hybridized carbons (Fsp3) is 0. The summed E-state index contributed by atoms with van der Waals surface area (Å²) in [5.74, 6) is -1.24. The van der Waals surface area contributed by atoms with Crippen LogP contribution in [0, 0.1) is 11.6 Å². The number of anilines is 2. The molecule has 0 fully saturated rings. The normalized spacial score (nSPS) is 10.9. The van der Waals surface area contributed by atoms with Crippen molar-refractivity contribution in [2.24, 2.45) is 0 Å². The number of rotatable bonds is 1. The topological polar surface area (TPSA) is 77.8 Å². The molecule has 1 aromatic heterocycles. The molecule has 6 heteroatoms. The van der Waals surface area contributed by atoms with Crippen LogP contribution in [0.1, 0.15) is 0 Å². The zero-order chi connectivity index (χ0) is 14.3. The summed E-state index contributed by atoms with van der Waals surface area (Å²) in [4.78, 5) is 7.87. The van der Waals surface area contributed by atoms with Gasteiger partial charge in [-0.15, -0.1) is 0 Å². The Morgan fingerprint density at radius 3 is 2.20 bits per heavy atom. The number of nitrogen functional groups attached to an aromatic ring is 2. The smallest absolute Gasteiger partial charge is 0.222 e. The van der Waals surface area contributed by atoms with E-state index in [1.807, 2.05) is 0 Å². The number of halogens is 2. The van der Waals surface area contributed by atoms with Gasteiger partial charge >= 0.3 is 0 Å². The lowest BCUT2D eigenvalue weighted by Gasteiger charge is -2.10. The first kappa shape index (κ1) is 12.3. The highest BCUT2D eigenvalue weighted by Gasteiger charge is 2.16. The molecule has 100 valence electrons. The molecule has 4 N–H and O–H groups in total. The van der Waals surface area contributed by atoms with Crippen LogP contribution in [0.2, 0.25) is 0 Å². The monoisotopic (exact) mass is 272 g/mol. The Balaban J connectivity index is 2.44. The second-order valence-corrected chi connectivity index (χ2v) is 4.26. The van der Waals surface area contributed by atoms with E-state index in [9.17, 15) is 8.78 Å². The number of nitrogens with zero attached hydrogens (tertiary/aromatic N) is 2. The van der Waals surface area contributed by atoms with Crippen molar-refractivity contribution < 1.29 is 8.78 Å². The van der Waals surface area contributed by atoms with Crippen LogP contribution < -0.4 is 11.5 Å². The molecule has 3 aromatic rings. The molecule has 0 saturated carbocycles. The van der Waals surface area contributed by atoms with Gasteiger partial charge in [0, 0.05) is 5.56 Å². The van der Waals surface area contributed by atoms with Crippen LogP contribution in [0.5, 0.6) is 0 Å². The predicted octanol–water partition coefficient (Wildman–Crippen LogP) is 2.74. The standard InChI is InChI=1S/C14H10F2N4/c15-8-4-2-5-9(16)11(8)7-3-1-6-10-12(7)13(17)20-14(18)19-10/h1-6H,(H4,17,18,19,20). The largest absolute Gasteiger partial charge is 0.383 e. The molecule has 0 amide bonds. The zero-order valence-corrected chi connectivity index (χ0v) is 10.3. The number of benzene rings is 2. The maximum atomic E-state index is 13.9. The molecule has 0 unspecified atom stereocenters. The summed E-state index contributed by atoms with van der Waals surface area (Å²) >= 11 is 0. The van der Waals surface area contributed by atoms with Crippen LogP contribution in [0.25, 0.3) is 22.0 Å². The van der Waals surface area contributed by atoms with Crippen LogP contribution >= 0.6 is 0 Å². The molecule has 4 nitrogen and oxygen atoms in total. The maximum Gasteiger partial charge on any atom is 0.222 e. The minimum absolute atomic E-state index is 0.0150. The van der Waals surface area contributed by atoms with E-state index >= 15 is 0 Å². The van der Waals surface area contributed by atoms with Gasteiger partial charge in [0.2, 0.25) is 5.95 Å². The van der Waals surface area contributed by atoms with Gasteiger partial charge in [-0.25, -0.2) is 13.8 Å². The second-order valence-electron chi connectivity index (χ2n) is 4.26. The van der Waals surface area contributed by atoms with Crippen LogP contribution in [-0.4, -0.2) is 9.97 Å². The fourth-order valence-corrected chi connectivity index (χ4v) is 2.19. The highest BCUT2D eigenvalue weighted by atomic mass is 19.1. The summed E-state index contributed by atoms with van der Waals surface area (Å²) in [5, 5.41) is 0.380. The van der Waals surface area contributed by atoms with Gasteiger partial charge in [0.15, 0.2) is 0 Å². The molecule has 0 saturated heterocycles. The lowest BCUT2D eigenvalue weighted by molar-refractivity contribution is 0.590. The van der Waals surface area contributed by atoms with E-state index < -0.39 is 11.6 Å². The van der Waals surface area contributed by atoms with E-state index in [4.69, 9.17) is 11.5 Å². The minimum Gasteiger partial charge on any atom is -0.383 e. The quantitative estimate of drug-likeness (QED) is 0.714. The Morgan fingerprint density at radius 2 is 1.50 bits per heavy atom. The number of fused-ring (bicyclic) bond motifs is 1. The van der Waals surface area contributed by atoms with Gasteiger partial charge in [-0.1, -0.05) is 18.2 Å². The van der Waals surface area contributed by atoms with Crippen molar-refractivity contribution in [3.05, 3.63) is 48.0 Å². The van der Waals surface area contributed by atoms with Gasteiger partial charge in [0.05, 0.1) is 16.5 Å². The second kappa shape index (κ2) is 4.41. The molecule has 2 aromatic carbocycles. The third-order valence-corrected chi connectivity index (χ3v) is 3.00. The molecule has 0 aliphatic heterocycles. The van der Waals surface area contributed by atoms with E-state index in [-0.39, 0.29) is 17.3 Å². The van der Waals surface area contributed by atoms with Crippen molar-refractivity contribution in [3.63, 3.8) is 0 Å². The molecule has 0 aliphatic rings. The van der Waals surface area contributed by atoms with Gasteiger partial charge in [0.1, 0.15) is 17.5 Å². The average molecular weight is 272 g/mol. The van der Waals surface area contributed by atoms with Crippen LogP contribution in [0.15, 0.2) is 36.4 Å². The third kappa shape index (κ3) is 1.82. The molecule has 20 heavy (non-hydrogen) atoms. The van der Waals surface area contributed by atoms with Crippen molar-refractivity contribution in [1.29, 1.82) is 0 Å². The average Bonchev–Trinajstić information content (AvgIpc) is 2.37. The van der Waals surface area contributed by atoms with Gasteiger partial charge in [-0.05, 0) is 18.2 Å². The summed E-state index contributed by atoms with van der Waals surface area (Å²) in [5.41, 5.74) is 11.9. The number of hydrogen-bond donors (Lipinski definition) is 2. The number of aromatic nitrogens is 2. The molecule has 0 atom stereocenters. The van der Waals surface area contributed by atoms with Crippen molar-refractivity contribution in [2.75, 3.05) is 11.5 Å². The Hall–Kier alpha value is -2.76. The maximum absolute atomic E-state index is 13.9. The Labute approximate surface area is 113 Å². The first-order valence-corrected chi connectivity index (χ1v) is 5.84. The van der Waals surface area contributed by atoms with Crippen LogP contribution in [0.3, 0.4) is 0 Å². The summed E-state index contributed by atoms with van der Waals surface area (Å²) in [6.45, 7) is 0. The Kier molecular flexibility index (Phi) is 2.71. The zero-order valence-electron chi connectivity index (χ0n) is 10.3. The molecule has 0 bridgehead atoms. The lowest BCUT2D eigenvalue weighted by Crippen LogP contribution is -2.02. The Morgan fingerprint density at radius 1 is 0.850 bits per heavy atom. The first-order chi connectivity index (χ1) is 9.58. The van der Waals surface area contributed by atoms with E-state index in [0.717, 1.165) is 0 Å². The molecule has 0 aliphatic carbocycles. The molecular formula is C14H10F2N4. The highest BCUT2D eigenvalue weighted by molar-refractivity contribution is 6.01. The van der Waals surface area contributed by atoms with Crippen molar-refractivity contribution in [1.82, 2.24) is 9.97 Å². The van der Waals surface area contributed by atoms with Crippen molar-refractivity contribution in [2.45, 2.75) is 0 Å². The summed E-state index contributed by atoms with van der Waals surface area (Å²) in [6.07, 6.45) is 0. The predicted molar refractivity (Wildman–Crippen MR) is 73.7 cm³/mol.